The Morgan fingerprint density at radius 2 is 2.00 bits per heavy atom. The maximum absolute atomic E-state index is 11.4. The molecule has 0 aliphatic carbocycles. The van der Waals surface area contributed by atoms with Crippen LogP contribution in [0.25, 0.3) is 11.3 Å². The molecule has 17 heavy (non-hydrogen) atoms. The molecule has 0 N–H and O–H groups in total. The summed E-state index contributed by atoms with van der Waals surface area (Å²) in [6, 6.07) is 7.11. The number of carbonyl (C=O) groups excluding carboxylic acids is 1. The molecule has 0 saturated carbocycles. The van der Waals surface area contributed by atoms with E-state index in [1.54, 1.807) is 37.6 Å². The lowest BCUT2D eigenvalue weighted by molar-refractivity contribution is 0.0526. The first-order valence-electron chi connectivity index (χ1n) is 5.35. The van der Waals surface area contributed by atoms with Gasteiger partial charge in [-0.05, 0) is 19.1 Å². The van der Waals surface area contributed by atoms with Gasteiger partial charge in [-0.3, -0.25) is 9.97 Å². The summed E-state index contributed by atoms with van der Waals surface area (Å²) in [5.41, 5.74) is 2.24. The first-order chi connectivity index (χ1) is 8.31. The zero-order chi connectivity index (χ0) is 12.1. The van der Waals surface area contributed by atoms with Crippen molar-refractivity contribution in [3.8, 4) is 11.3 Å². The van der Waals surface area contributed by atoms with E-state index in [-0.39, 0.29) is 5.97 Å². The minimum atomic E-state index is -0.307. The van der Waals surface area contributed by atoms with Crippen LogP contribution in [0, 0.1) is 0 Å². The van der Waals surface area contributed by atoms with Gasteiger partial charge >= 0.3 is 5.97 Å². The Hall–Kier alpha value is -2.23. The van der Waals surface area contributed by atoms with Gasteiger partial charge in [0.25, 0.3) is 0 Å². The predicted molar refractivity (Wildman–Crippen MR) is 63.4 cm³/mol. The van der Waals surface area contributed by atoms with Gasteiger partial charge in [0.2, 0.25) is 0 Å². The molecule has 0 unspecified atom stereocenters. The Bertz CT molecular complexity index is 495. The van der Waals surface area contributed by atoms with Crippen molar-refractivity contribution in [2.75, 3.05) is 6.61 Å². The minimum absolute atomic E-state index is 0.307. The number of ether oxygens (including phenoxy) is 1. The molecule has 1 aromatic carbocycles. The second kappa shape index (κ2) is 5.21. The smallest absolute Gasteiger partial charge is 0.338 e. The summed E-state index contributed by atoms with van der Waals surface area (Å²) in [6.45, 7) is 2.16. The molecule has 0 atom stereocenters. The Morgan fingerprint density at radius 3 is 2.59 bits per heavy atom. The van der Waals surface area contributed by atoms with Gasteiger partial charge < -0.3 is 4.74 Å². The molecule has 4 nitrogen and oxygen atoms in total. The van der Waals surface area contributed by atoms with Gasteiger partial charge in [0.15, 0.2) is 0 Å². The van der Waals surface area contributed by atoms with Crippen LogP contribution in [0.3, 0.4) is 0 Å². The van der Waals surface area contributed by atoms with Crippen LogP contribution < -0.4 is 0 Å². The van der Waals surface area contributed by atoms with E-state index in [1.807, 2.05) is 12.1 Å². The lowest BCUT2D eigenvalue weighted by Crippen LogP contribution is -2.04. The Kier molecular flexibility index (Phi) is 3.45. The van der Waals surface area contributed by atoms with Crippen molar-refractivity contribution in [3.05, 3.63) is 48.4 Å². The van der Waals surface area contributed by atoms with E-state index >= 15 is 0 Å². The quantitative estimate of drug-likeness (QED) is 0.756. The first kappa shape index (κ1) is 11.3. The van der Waals surface area contributed by atoms with Crippen molar-refractivity contribution in [1.82, 2.24) is 9.97 Å². The van der Waals surface area contributed by atoms with Gasteiger partial charge in [-0.15, -0.1) is 0 Å². The van der Waals surface area contributed by atoms with Crippen LogP contribution in [0.2, 0.25) is 0 Å². The van der Waals surface area contributed by atoms with E-state index in [2.05, 4.69) is 9.97 Å². The average molecular weight is 228 g/mol. The lowest BCUT2D eigenvalue weighted by atomic mass is 10.1. The SMILES string of the molecule is CCOC(=O)c1ccc(-c2cnccn2)cc1. The van der Waals surface area contributed by atoms with Crippen molar-refractivity contribution >= 4 is 5.97 Å². The van der Waals surface area contributed by atoms with E-state index < -0.39 is 0 Å². The van der Waals surface area contributed by atoms with Crippen molar-refractivity contribution in [3.63, 3.8) is 0 Å². The first-order valence-corrected chi connectivity index (χ1v) is 5.35. The summed E-state index contributed by atoms with van der Waals surface area (Å²) in [5, 5.41) is 0. The minimum Gasteiger partial charge on any atom is -0.462 e. The second-order valence-corrected chi connectivity index (χ2v) is 3.39. The van der Waals surface area contributed by atoms with Crippen molar-refractivity contribution < 1.29 is 9.53 Å². The molecule has 0 bridgehead atoms. The van der Waals surface area contributed by atoms with Crippen LogP contribution in [0.15, 0.2) is 42.9 Å². The Morgan fingerprint density at radius 1 is 1.24 bits per heavy atom. The van der Waals surface area contributed by atoms with E-state index in [0.717, 1.165) is 11.3 Å². The molecule has 0 saturated heterocycles. The highest BCUT2D eigenvalue weighted by atomic mass is 16.5. The van der Waals surface area contributed by atoms with E-state index in [1.165, 1.54) is 0 Å². The summed E-state index contributed by atoms with van der Waals surface area (Å²) >= 11 is 0. The van der Waals surface area contributed by atoms with Crippen LogP contribution in [0.5, 0.6) is 0 Å². The molecule has 0 fully saturated rings. The molecular weight excluding hydrogens is 216 g/mol. The molecule has 0 aliphatic heterocycles. The van der Waals surface area contributed by atoms with Crippen LogP contribution in [0.4, 0.5) is 0 Å². The monoisotopic (exact) mass is 228 g/mol. The van der Waals surface area contributed by atoms with Crippen LogP contribution >= 0.6 is 0 Å². The van der Waals surface area contributed by atoms with E-state index in [4.69, 9.17) is 4.74 Å². The number of hydrogen-bond acceptors (Lipinski definition) is 4. The predicted octanol–water partition coefficient (Wildman–Crippen LogP) is 2.32. The average Bonchev–Trinajstić information content (AvgIpc) is 2.40. The number of aromatic nitrogens is 2. The molecule has 0 radical (unpaired) electrons. The molecule has 0 spiro atoms. The summed E-state index contributed by atoms with van der Waals surface area (Å²) in [5.74, 6) is -0.307. The normalized spacial score (nSPS) is 9.94. The van der Waals surface area contributed by atoms with Gasteiger partial charge in [0.05, 0.1) is 24.1 Å². The highest BCUT2D eigenvalue weighted by molar-refractivity contribution is 5.89. The summed E-state index contributed by atoms with van der Waals surface area (Å²) in [6.07, 6.45) is 4.93. The molecule has 0 aliphatic rings. The second-order valence-electron chi connectivity index (χ2n) is 3.39. The summed E-state index contributed by atoms with van der Waals surface area (Å²) in [4.78, 5) is 19.6. The molecule has 1 heterocycles. The highest BCUT2D eigenvalue weighted by Gasteiger charge is 2.06. The van der Waals surface area contributed by atoms with Crippen molar-refractivity contribution in [2.45, 2.75) is 6.92 Å². The molecule has 2 aromatic rings. The van der Waals surface area contributed by atoms with Gasteiger partial charge in [0, 0.05) is 18.0 Å². The van der Waals surface area contributed by atoms with E-state index in [0.29, 0.717) is 12.2 Å². The van der Waals surface area contributed by atoms with Gasteiger partial charge in [-0.25, -0.2) is 4.79 Å². The third kappa shape index (κ3) is 2.66. The standard InChI is InChI=1S/C13H12N2O2/c1-2-17-13(16)11-5-3-10(4-6-11)12-9-14-7-8-15-12/h3-9H,2H2,1H3. The largest absolute Gasteiger partial charge is 0.462 e. The fraction of sp³-hybridized carbons (Fsp3) is 0.154. The summed E-state index contributed by atoms with van der Waals surface area (Å²) < 4.78 is 4.91. The molecular formula is C13H12N2O2. The highest BCUT2D eigenvalue weighted by Crippen LogP contribution is 2.16. The summed E-state index contributed by atoms with van der Waals surface area (Å²) in [7, 11) is 0. The third-order valence-electron chi connectivity index (χ3n) is 2.25. The fourth-order valence-electron chi connectivity index (χ4n) is 1.44. The number of benzene rings is 1. The molecule has 4 heteroatoms. The zero-order valence-corrected chi connectivity index (χ0v) is 9.46. The lowest BCUT2D eigenvalue weighted by Gasteiger charge is -2.03. The van der Waals surface area contributed by atoms with E-state index in [9.17, 15) is 4.79 Å². The maximum Gasteiger partial charge on any atom is 0.338 e. The molecule has 1 aromatic heterocycles. The Balaban J connectivity index is 2.22. The fourth-order valence-corrected chi connectivity index (χ4v) is 1.44. The van der Waals surface area contributed by atoms with Crippen LogP contribution in [0.1, 0.15) is 17.3 Å². The number of rotatable bonds is 3. The molecule has 86 valence electrons. The Labute approximate surface area is 99.3 Å². The van der Waals surface area contributed by atoms with Crippen molar-refractivity contribution in [2.24, 2.45) is 0 Å². The molecule has 0 amide bonds. The number of esters is 1. The number of nitrogens with zero attached hydrogens (tertiary/aromatic N) is 2. The van der Waals surface area contributed by atoms with Gasteiger partial charge in [-0.2, -0.15) is 0 Å². The van der Waals surface area contributed by atoms with Gasteiger partial charge in [0.1, 0.15) is 0 Å². The number of hydrogen-bond donors (Lipinski definition) is 0. The third-order valence-corrected chi connectivity index (χ3v) is 2.25. The zero-order valence-electron chi connectivity index (χ0n) is 9.46. The molecule has 2 rings (SSSR count). The van der Waals surface area contributed by atoms with Crippen molar-refractivity contribution in [1.29, 1.82) is 0 Å². The van der Waals surface area contributed by atoms with Crippen LogP contribution in [-0.4, -0.2) is 22.5 Å². The maximum atomic E-state index is 11.4. The van der Waals surface area contributed by atoms with Crippen LogP contribution in [-0.2, 0) is 4.74 Å². The topological polar surface area (TPSA) is 52.1 Å². The van der Waals surface area contributed by atoms with Gasteiger partial charge in [-0.1, -0.05) is 12.1 Å². The number of carbonyl (C=O) groups is 1.